The number of amides is 1. The molecule has 2 N–H and O–H groups in total. The summed E-state index contributed by atoms with van der Waals surface area (Å²) in [6.07, 6.45) is 1.33. The van der Waals surface area contributed by atoms with E-state index in [1.165, 1.54) is 13.2 Å². The molecule has 1 amide bonds. The molecule has 0 unspecified atom stereocenters. The minimum Gasteiger partial charge on any atom is -0.501 e. The van der Waals surface area contributed by atoms with E-state index < -0.39 is 0 Å². The summed E-state index contributed by atoms with van der Waals surface area (Å²) in [4.78, 5) is 11.4. The molecule has 0 saturated heterocycles. The Balaban J connectivity index is 2.48. The van der Waals surface area contributed by atoms with E-state index in [4.69, 9.17) is 17.0 Å². The number of hydrogen-bond donors (Lipinski definition) is 2. The topological polar surface area (TPSA) is 50.4 Å². The number of carbonyl (C=O) groups excluding carboxylic acids is 1. The zero-order chi connectivity index (χ0) is 12.7. The van der Waals surface area contributed by atoms with E-state index in [0.29, 0.717) is 5.76 Å². The van der Waals surface area contributed by atoms with E-state index in [-0.39, 0.29) is 11.0 Å². The van der Waals surface area contributed by atoms with Crippen molar-refractivity contribution in [2.24, 2.45) is 0 Å². The Morgan fingerprint density at radius 2 is 2.00 bits per heavy atom. The maximum Gasteiger partial charge on any atom is 0.253 e. The van der Waals surface area contributed by atoms with E-state index >= 15 is 0 Å². The van der Waals surface area contributed by atoms with Crippen LogP contribution in [-0.2, 0) is 9.53 Å². The van der Waals surface area contributed by atoms with Crippen molar-refractivity contribution in [3.8, 4) is 0 Å². The Morgan fingerprint density at radius 3 is 2.59 bits per heavy atom. The van der Waals surface area contributed by atoms with Gasteiger partial charge in [0, 0.05) is 11.8 Å². The van der Waals surface area contributed by atoms with E-state index in [2.05, 4.69) is 10.6 Å². The summed E-state index contributed by atoms with van der Waals surface area (Å²) in [6.45, 7) is 1.69. The molecule has 1 rings (SSSR count). The third-order valence-corrected chi connectivity index (χ3v) is 2.13. The van der Waals surface area contributed by atoms with Crippen molar-refractivity contribution in [2.45, 2.75) is 6.92 Å². The Kier molecular flexibility index (Phi) is 5.16. The van der Waals surface area contributed by atoms with Gasteiger partial charge in [-0.25, -0.2) is 0 Å². The van der Waals surface area contributed by atoms with Crippen molar-refractivity contribution in [3.63, 3.8) is 0 Å². The van der Waals surface area contributed by atoms with Crippen LogP contribution in [-0.4, -0.2) is 18.1 Å². The number of methoxy groups -OCH3 is 1. The maximum absolute atomic E-state index is 11.4. The largest absolute Gasteiger partial charge is 0.501 e. The number of ether oxygens (including phenoxy) is 1. The van der Waals surface area contributed by atoms with Gasteiger partial charge in [-0.05, 0) is 31.3 Å². The molecule has 0 radical (unpaired) electrons. The zero-order valence-electron chi connectivity index (χ0n) is 9.69. The number of benzene rings is 1. The van der Waals surface area contributed by atoms with Crippen LogP contribution in [0.15, 0.2) is 42.2 Å². The van der Waals surface area contributed by atoms with Crippen LogP contribution in [0, 0.1) is 0 Å². The van der Waals surface area contributed by atoms with Gasteiger partial charge in [-0.2, -0.15) is 0 Å². The number of anilines is 1. The Morgan fingerprint density at radius 1 is 1.35 bits per heavy atom. The average Bonchev–Trinajstić information content (AvgIpc) is 2.29. The molecule has 4 nitrogen and oxygen atoms in total. The standard InChI is InChI=1S/C12H14N2O2S/c1-9(16-2)8-11(15)14-12(17)13-10-6-4-3-5-7-10/h3-8H,1-2H3,(H2,13,14,15,17). The van der Waals surface area contributed by atoms with Crippen LogP contribution < -0.4 is 10.6 Å². The second-order valence-electron chi connectivity index (χ2n) is 3.27. The highest BCUT2D eigenvalue weighted by Crippen LogP contribution is 2.04. The van der Waals surface area contributed by atoms with Crippen LogP contribution in [0.2, 0.25) is 0 Å². The van der Waals surface area contributed by atoms with E-state index in [0.717, 1.165) is 5.69 Å². The van der Waals surface area contributed by atoms with Gasteiger partial charge in [0.15, 0.2) is 5.11 Å². The Bertz CT molecular complexity index is 429. The lowest BCUT2D eigenvalue weighted by molar-refractivity contribution is -0.115. The van der Waals surface area contributed by atoms with Crippen LogP contribution in [0.25, 0.3) is 0 Å². The van der Waals surface area contributed by atoms with Gasteiger partial charge in [-0.3, -0.25) is 10.1 Å². The summed E-state index contributed by atoms with van der Waals surface area (Å²) in [5, 5.41) is 5.66. The number of para-hydroxylation sites is 1. The molecule has 1 aromatic rings. The number of allylic oxidation sites excluding steroid dienone is 1. The first-order valence-electron chi connectivity index (χ1n) is 5.01. The van der Waals surface area contributed by atoms with Crippen LogP contribution in [0.5, 0.6) is 0 Å². The van der Waals surface area contributed by atoms with Gasteiger partial charge in [-0.15, -0.1) is 0 Å². The van der Waals surface area contributed by atoms with Crippen LogP contribution in [0.3, 0.4) is 0 Å². The van der Waals surface area contributed by atoms with Gasteiger partial charge >= 0.3 is 0 Å². The fourth-order valence-corrected chi connectivity index (χ4v) is 1.29. The van der Waals surface area contributed by atoms with Crippen LogP contribution in [0.4, 0.5) is 5.69 Å². The molecule has 17 heavy (non-hydrogen) atoms. The molecule has 0 aliphatic heterocycles. The highest BCUT2D eigenvalue weighted by atomic mass is 32.1. The van der Waals surface area contributed by atoms with Crippen molar-refractivity contribution >= 4 is 28.9 Å². The second-order valence-corrected chi connectivity index (χ2v) is 3.68. The predicted molar refractivity (Wildman–Crippen MR) is 71.6 cm³/mol. The van der Waals surface area contributed by atoms with Crippen molar-refractivity contribution < 1.29 is 9.53 Å². The fourth-order valence-electron chi connectivity index (χ4n) is 1.08. The van der Waals surface area contributed by atoms with Gasteiger partial charge in [0.25, 0.3) is 5.91 Å². The predicted octanol–water partition coefficient (Wildman–Crippen LogP) is 2.05. The highest BCUT2D eigenvalue weighted by molar-refractivity contribution is 7.80. The normalized spacial score (nSPS) is 10.6. The Hall–Kier alpha value is -1.88. The smallest absolute Gasteiger partial charge is 0.253 e. The summed E-state index contributed by atoms with van der Waals surface area (Å²) >= 11 is 4.99. The molecule has 0 aromatic heterocycles. The zero-order valence-corrected chi connectivity index (χ0v) is 10.5. The molecule has 90 valence electrons. The molecular formula is C12H14N2O2S. The summed E-state index contributed by atoms with van der Waals surface area (Å²) in [6, 6.07) is 9.37. The van der Waals surface area contributed by atoms with Gasteiger partial charge in [0.1, 0.15) is 0 Å². The van der Waals surface area contributed by atoms with Crippen molar-refractivity contribution in [2.75, 3.05) is 12.4 Å². The molecule has 0 atom stereocenters. The van der Waals surface area contributed by atoms with Crippen LogP contribution in [0.1, 0.15) is 6.92 Å². The summed E-state index contributed by atoms with van der Waals surface area (Å²) < 4.78 is 4.86. The lowest BCUT2D eigenvalue weighted by atomic mass is 10.3. The Labute approximate surface area is 106 Å². The number of nitrogens with one attached hydrogen (secondary N) is 2. The van der Waals surface area contributed by atoms with Crippen molar-refractivity contribution in [1.29, 1.82) is 0 Å². The molecule has 1 aromatic carbocycles. The fraction of sp³-hybridized carbons (Fsp3) is 0.167. The molecular weight excluding hydrogens is 236 g/mol. The van der Waals surface area contributed by atoms with Crippen molar-refractivity contribution in [3.05, 3.63) is 42.2 Å². The number of thiocarbonyl (C=S) groups is 1. The minimum atomic E-state index is -0.321. The van der Waals surface area contributed by atoms with E-state index in [1.54, 1.807) is 6.92 Å². The van der Waals surface area contributed by atoms with Gasteiger partial charge < -0.3 is 10.1 Å². The molecule has 0 aliphatic rings. The van der Waals surface area contributed by atoms with E-state index in [9.17, 15) is 4.79 Å². The van der Waals surface area contributed by atoms with Gasteiger partial charge in [0.05, 0.1) is 12.9 Å². The number of carbonyl (C=O) groups is 1. The molecule has 0 aliphatic carbocycles. The molecule has 0 spiro atoms. The summed E-state index contributed by atoms with van der Waals surface area (Å²) in [5.41, 5.74) is 0.824. The lowest BCUT2D eigenvalue weighted by Crippen LogP contribution is -2.33. The van der Waals surface area contributed by atoms with Crippen molar-refractivity contribution in [1.82, 2.24) is 5.32 Å². The summed E-state index contributed by atoms with van der Waals surface area (Å²) in [5.74, 6) is 0.197. The lowest BCUT2D eigenvalue weighted by Gasteiger charge is -2.07. The summed E-state index contributed by atoms with van der Waals surface area (Å²) in [7, 11) is 1.50. The second kappa shape index (κ2) is 6.65. The first-order valence-corrected chi connectivity index (χ1v) is 5.42. The van der Waals surface area contributed by atoms with E-state index in [1.807, 2.05) is 30.3 Å². The molecule has 0 fully saturated rings. The molecule has 5 heteroatoms. The monoisotopic (exact) mass is 250 g/mol. The SMILES string of the molecule is COC(C)=CC(=O)NC(=S)Nc1ccccc1. The maximum atomic E-state index is 11.4. The highest BCUT2D eigenvalue weighted by Gasteiger charge is 2.02. The van der Waals surface area contributed by atoms with Gasteiger partial charge in [0.2, 0.25) is 0 Å². The van der Waals surface area contributed by atoms with Crippen LogP contribution >= 0.6 is 12.2 Å². The quantitative estimate of drug-likeness (QED) is 0.490. The number of hydrogen-bond acceptors (Lipinski definition) is 3. The third-order valence-electron chi connectivity index (χ3n) is 1.92. The number of rotatable bonds is 3. The first-order chi connectivity index (χ1) is 8.11. The molecule has 0 saturated carbocycles. The van der Waals surface area contributed by atoms with Gasteiger partial charge in [-0.1, -0.05) is 18.2 Å². The minimum absolute atomic E-state index is 0.251. The first kappa shape index (κ1) is 13.2. The average molecular weight is 250 g/mol. The molecule has 0 bridgehead atoms. The third kappa shape index (κ3) is 5.12. The molecule has 0 heterocycles.